The van der Waals surface area contributed by atoms with Gasteiger partial charge in [0.15, 0.2) is 17.4 Å². The molecule has 0 radical (unpaired) electrons. The fraction of sp³-hybridized carbons (Fsp3) is 0.238. The Bertz CT molecular complexity index is 1130. The number of pyridine rings is 1. The van der Waals surface area contributed by atoms with Crippen molar-refractivity contribution >= 4 is 29.0 Å². The maximum absolute atomic E-state index is 14.3. The van der Waals surface area contributed by atoms with Crippen LogP contribution in [0.5, 0.6) is 5.75 Å². The van der Waals surface area contributed by atoms with Gasteiger partial charge in [-0.1, -0.05) is 11.6 Å². The second-order valence-corrected chi connectivity index (χ2v) is 7.35. The molecule has 1 atom stereocenters. The lowest BCUT2D eigenvalue weighted by Crippen LogP contribution is -2.29. The number of anilines is 2. The number of carbonyl (C=O) groups is 1. The summed E-state index contributed by atoms with van der Waals surface area (Å²) in [5.41, 5.74) is 0.778. The lowest BCUT2D eigenvalue weighted by molar-refractivity contribution is 0.0783. The van der Waals surface area contributed by atoms with Crippen molar-refractivity contribution in [2.75, 3.05) is 25.5 Å². The predicted molar refractivity (Wildman–Crippen MR) is 112 cm³/mol. The average Bonchev–Trinajstić information content (AvgIpc) is 3.21. The van der Waals surface area contributed by atoms with Gasteiger partial charge in [-0.15, -0.1) is 0 Å². The minimum Gasteiger partial charge on any atom is -0.491 e. The molecule has 0 unspecified atom stereocenters. The van der Waals surface area contributed by atoms with E-state index in [-0.39, 0.29) is 41.0 Å². The maximum atomic E-state index is 14.3. The molecule has 1 saturated heterocycles. The van der Waals surface area contributed by atoms with Gasteiger partial charge in [0, 0.05) is 24.0 Å². The summed E-state index contributed by atoms with van der Waals surface area (Å²) in [5.74, 6) is -0.284. The summed E-state index contributed by atoms with van der Waals surface area (Å²) in [6, 6.07) is 5.67. The first-order chi connectivity index (χ1) is 15.0. The summed E-state index contributed by atoms with van der Waals surface area (Å²) < 4.78 is 33.2. The summed E-state index contributed by atoms with van der Waals surface area (Å²) in [7, 11) is 1.44. The molecule has 1 aliphatic heterocycles. The topological polar surface area (TPSA) is 80.2 Å². The first-order valence-corrected chi connectivity index (χ1v) is 9.85. The Morgan fingerprint density at radius 2 is 2.16 bits per heavy atom. The third kappa shape index (κ3) is 4.41. The minimum atomic E-state index is -1.03. The molecule has 1 aromatic carbocycles. The van der Waals surface area contributed by atoms with E-state index in [0.717, 1.165) is 0 Å². The molecule has 1 aliphatic rings. The number of rotatable bonds is 5. The molecule has 0 saturated carbocycles. The quantitative estimate of drug-likeness (QED) is 0.631. The predicted octanol–water partition coefficient (Wildman–Crippen LogP) is 4.27. The van der Waals surface area contributed by atoms with Gasteiger partial charge in [-0.2, -0.15) is 0 Å². The Kier molecular flexibility index (Phi) is 5.94. The SMILES string of the molecule is COc1cnc(-c2cc(Cl)ccc2F)nc1Nc1ccncc1C(=O)N1CC[C@H](F)C1. The number of likely N-dealkylation sites (tertiary alicyclic amines) is 1. The van der Waals surface area contributed by atoms with Crippen molar-refractivity contribution in [2.45, 2.75) is 12.6 Å². The number of halogens is 3. The number of amides is 1. The number of hydrogen-bond acceptors (Lipinski definition) is 6. The Morgan fingerprint density at radius 3 is 2.90 bits per heavy atom. The van der Waals surface area contributed by atoms with Crippen LogP contribution in [-0.4, -0.2) is 52.1 Å². The average molecular weight is 446 g/mol. The van der Waals surface area contributed by atoms with Gasteiger partial charge < -0.3 is 15.0 Å². The lowest BCUT2D eigenvalue weighted by Gasteiger charge is -2.18. The highest BCUT2D eigenvalue weighted by atomic mass is 35.5. The van der Waals surface area contributed by atoms with E-state index in [2.05, 4.69) is 20.3 Å². The molecule has 1 amide bonds. The molecule has 31 heavy (non-hydrogen) atoms. The fourth-order valence-electron chi connectivity index (χ4n) is 3.28. The van der Waals surface area contributed by atoms with Gasteiger partial charge in [-0.05, 0) is 30.7 Å². The number of nitrogens with one attached hydrogen (secondary N) is 1. The zero-order chi connectivity index (χ0) is 22.0. The zero-order valence-corrected chi connectivity index (χ0v) is 17.2. The molecule has 4 rings (SSSR count). The van der Waals surface area contributed by atoms with Gasteiger partial charge in [0.05, 0.1) is 36.7 Å². The first-order valence-electron chi connectivity index (χ1n) is 9.47. The van der Waals surface area contributed by atoms with Crippen molar-refractivity contribution in [2.24, 2.45) is 0 Å². The number of ether oxygens (including phenoxy) is 1. The van der Waals surface area contributed by atoms with Gasteiger partial charge in [0.25, 0.3) is 5.91 Å². The van der Waals surface area contributed by atoms with Crippen molar-refractivity contribution in [1.82, 2.24) is 19.9 Å². The van der Waals surface area contributed by atoms with E-state index in [1.165, 1.54) is 48.8 Å². The Morgan fingerprint density at radius 1 is 1.32 bits per heavy atom. The highest BCUT2D eigenvalue weighted by molar-refractivity contribution is 6.30. The summed E-state index contributed by atoms with van der Waals surface area (Å²) in [6.45, 7) is 0.380. The van der Waals surface area contributed by atoms with E-state index in [0.29, 0.717) is 23.7 Å². The van der Waals surface area contributed by atoms with Crippen LogP contribution in [0.4, 0.5) is 20.3 Å². The van der Waals surface area contributed by atoms with E-state index in [4.69, 9.17) is 16.3 Å². The standard InChI is InChI=1S/C21H18ClF2N5O2/c1-31-18-10-26-19(14-8-12(22)2-3-16(14)24)28-20(18)27-17-4-6-25-9-15(17)21(30)29-7-5-13(23)11-29/h2-4,6,8-10,13H,5,7,11H2,1H3,(H,25,26,27,28)/t13-/m0/s1. The van der Waals surface area contributed by atoms with Crippen LogP contribution in [-0.2, 0) is 0 Å². The molecule has 160 valence electrons. The normalized spacial score (nSPS) is 15.7. The molecule has 0 aliphatic carbocycles. The van der Waals surface area contributed by atoms with Crippen LogP contribution in [0.25, 0.3) is 11.4 Å². The van der Waals surface area contributed by atoms with Crippen LogP contribution < -0.4 is 10.1 Å². The van der Waals surface area contributed by atoms with Crippen molar-refractivity contribution in [1.29, 1.82) is 0 Å². The van der Waals surface area contributed by atoms with Crippen LogP contribution in [0, 0.1) is 5.82 Å². The number of carbonyl (C=O) groups excluding carboxylic acids is 1. The fourth-order valence-corrected chi connectivity index (χ4v) is 3.45. The van der Waals surface area contributed by atoms with Gasteiger partial charge in [-0.3, -0.25) is 9.78 Å². The van der Waals surface area contributed by atoms with E-state index >= 15 is 0 Å². The Balaban J connectivity index is 1.70. The van der Waals surface area contributed by atoms with Crippen molar-refractivity contribution in [3.05, 3.63) is 59.3 Å². The van der Waals surface area contributed by atoms with Gasteiger partial charge >= 0.3 is 0 Å². The van der Waals surface area contributed by atoms with Crippen LogP contribution >= 0.6 is 11.6 Å². The summed E-state index contributed by atoms with van der Waals surface area (Å²) in [6.07, 6.45) is 3.58. The molecule has 3 heterocycles. The first kappa shape index (κ1) is 20.9. The molecule has 1 fully saturated rings. The van der Waals surface area contributed by atoms with Crippen LogP contribution in [0.15, 0.2) is 42.9 Å². The van der Waals surface area contributed by atoms with Crippen molar-refractivity contribution in [3.8, 4) is 17.1 Å². The third-order valence-corrected chi connectivity index (χ3v) is 5.10. The molecular formula is C21H18ClF2N5O2. The third-order valence-electron chi connectivity index (χ3n) is 4.87. The molecular weight excluding hydrogens is 428 g/mol. The van der Waals surface area contributed by atoms with Crippen molar-refractivity contribution < 1.29 is 18.3 Å². The minimum absolute atomic E-state index is 0.0438. The number of nitrogens with zero attached hydrogens (tertiary/aromatic N) is 4. The molecule has 0 bridgehead atoms. The molecule has 1 N–H and O–H groups in total. The highest BCUT2D eigenvalue weighted by Crippen LogP contribution is 2.31. The number of benzene rings is 1. The van der Waals surface area contributed by atoms with Crippen LogP contribution in [0.3, 0.4) is 0 Å². The van der Waals surface area contributed by atoms with E-state index in [9.17, 15) is 13.6 Å². The van der Waals surface area contributed by atoms with Gasteiger partial charge in [0.1, 0.15) is 12.0 Å². The van der Waals surface area contributed by atoms with E-state index in [1.807, 2.05) is 0 Å². The van der Waals surface area contributed by atoms with E-state index in [1.54, 1.807) is 6.07 Å². The monoisotopic (exact) mass is 445 g/mol. The number of methoxy groups -OCH3 is 1. The Hall–Kier alpha value is -3.33. The van der Waals surface area contributed by atoms with Crippen molar-refractivity contribution in [3.63, 3.8) is 0 Å². The maximum Gasteiger partial charge on any atom is 0.257 e. The van der Waals surface area contributed by atoms with Gasteiger partial charge in [-0.25, -0.2) is 18.7 Å². The molecule has 2 aromatic heterocycles. The largest absolute Gasteiger partial charge is 0.491 e. The smallest absolute Gasteiger partial charge is 0.257 e. The number of alkyl halides is 1. The van der Waals surface area contributed by atoms with Crippen LogP contribution in [0.2, 0.25) is 5.02 Å². The zero-order valence-electron chi connectivity index (χ0n) is 16.5. The number of hydrogen-bond donors (Lipinski definition) is 1. The van der Waals surface area contributed by atoms with Crippen LogP contribution in [0.1, 0.15) is 16.8 Å². The van der Waals surface area contributed by atoms with Gasteiger partial charge in [0.2, 0.25) is 0 Å². The summed E-state index contributed by atoms with van der Waals surface area (Å²) in [4.78, 5) is 26.9. The summed E-state index contributed by atoms with van der Waals surface area (Å²) >= 11 is 5.98. The molecule has 0 spiro atoms. The second kappa shape index (κ2) is 8.81. The summed E-state index contributed by atoms with van der Waals surface area (Å²) in [5, 5.41) is 3.38. The van der Waals surface area contributed by atoms with E-state index < -0.39 is 12.0 Å². The lowest BCUT2D eigenvalue weighted by atomic mass is 10.2. The number of aromatic nitrogens is 3. The Labute approximate surface area is 182 Å². The second-order valence-electron chi connectivity index (χ2n) is 6.92. The molecule has 3 aromatic rings. The molecule has 10 heteroatoms. The molecule has 7 nitrogen and oxygen atoms in total. The highest BCUT2D eigenvalue weighted by Gasteiger charge is 2.28.